The number of hydrogen-bond donors (Lipinski definition) is 0. The largest absolute Gasteiger partial charge is 0.496 e. The molecule has 6 heteroatoms. The van der Waals surface area contributed by atoms with E-state index < -0.39 is 8.07 Å². The van der Waals surface area contributed by atoms with E-state index >= 15 is 0 Å². The number of para-hydroxylation sites is 4. The molecule has 0 amide bonds. The SMILES string of the molecule is c1ccc(-n2c3ccc(-c4cccnc4)cc3c3cc(-c4cccc([Si-](c5cc6ccccc6o5)(c5cc6ccccc6o5)c5cc6ccccc6o5)c4)ccc32)cc1. The van der Waals surface area contributed by atoms with Crippen LogP contribution in [0.25, 0.3) is 82.7 Å². The van der Waals surface area contributed by atoms with Gasteiger partial charge >= 0.3 is 0 Å². The Bertz CT molecular complexity index is 3240. The van der Waals surface area contributed by atoms with Crippen molar-refractivity contribution in [3.05, 3.63) is 207 Å². The third kappa shape index (κ3) is 5.27. The Morgan fingerprint density at radius 2 is 0.881 bits per heavy atom. The highest BCUT2D eigenvalue weighted by Crippen LogP contribution is 2.37. The van der Waals surface area contributed by atoms with Gasteiger partial charge in [-0.1, -0.05) is 115 Å². The summed E-state index contributed by atoms with van der Waals surface area (Å²) in [6.07, 6.45) is 3.74. The maximum absolute atomic E-state index is 6.97. The van der Waals surface area contributed by atoms with Crippen molar-refractivity contribution in [1.29, 1.82) is 0 Å². The molecule has 0 aliphatic rings. The van der Waals surface area contributed by atoms with Gasteiger partial charge in [0.1, 0.15) is 16.7 Å². The van der Waals surface area contributed by atoms with Crippen LogP contribution in [0.15, 0.2) is 220 Å². The first-order chi connectivity index (χ1) is 29.2. The van der Waals surface area contributed by atoms with Gasteiger partial charge in [0.15, 0.2) is 0 Å². The van der Waals surface area contributed by atoms with Crippen LogP contribution in [0.2, 0.25) is 0 Å². The van der Waals surface area contributed by atoms with Gasteiger partial charge in [0.2, 0.25) is 0 Å². The van der Waals surface area contributed by atoms with Crippen LogP contribution < -0.4 is 21.3 Å². The van der Waals surface area contributed by atoms with Crippen LogP contribution in [-0.4, -0.2) is 17.6 Å². The summed E-state index contributed by atoms with van der Waals surface area (Å²) in [6.45, 7) is 0. The zero-order valence-corrected chi connectivity index (χ0v) is 32.7. The van der Waals surface area contributed by atoms with Crippen molar-refractivity contribution in [2.45, 2.75) is 0 Å². The molecule has 5 aromatic heterocycles. The number of furan rings is 3. The Hall–Kier alpha value is -7.67. The van der Waals surface area contributed by atoms with E-state index in [4.69, 9.17) is 13.3 Å². The summed E-state index contributed by atoms with van der Waals surface area (Å²) in [6, 6.07) is 68.4. The lowest BCUT2D eigenvalue weighted by Crippen LogP contribution is -2.74. The molecule has 0 radical (unpaired) electrons. The van der Waals surface area contributed by atoms with E-state index in [0.717, 1.165) is 93.2 Å². The van der Waals surface area contributed by atoms with Crippen LogP contribution in [0.3, 0.4) is 0 Å². The summed E-state index contributed by atoms with van der Waals surface area (Å²) in [4.78, 5) is 4.42. The summed E-state index contributed by atoms with van der Waals surface area (Å²) in [5.74, 6) is 0. The minimum atomic E-state index is -3.41. The molecule has 59 heavy (non-hydrogen) atoms. The number of hydrogen-bond acceptors (Lipinski definition) is 4. The van der Waals surface area contributed by atoms with Gasteiger partial charge in [-0.25, -0.2) is 0 Å². The third-order valence-electron chi connectivity index (χ3n) is 11.8. The number of benzene rings is 7. The number of pyridine rings is 1. The van der Waals surface area contributed by atoms with E-state index in [1.165, 1.54) is 10.8 Å². The molecule has 0 saturated heterocycles. The third-order valence-corrected chi connectivity index (χ3v) is 15.9. The van der Waals surface area contributed by atoms with Gasteiger partial charge in [-0.15, -0.1) is 0 Å². The first-order valence-corrected chi connectivity index (χ1v) is 21.8. The van der Waals surface area contributed by atoms with Gasteiger partial charge < -0.3 is 17.8 Å². The van der Waals surface area contributed by atoms with Crippen LogP contribution in [-0.2, 0) is 0 Å². The zero-order chi connectivity index (χ0) is 38.9. The normalized spacial score (nSPS) is 12.1. The van der Waals surface area contributed by atoms with Crippen LogP contribution >= 0.6 is 0 Å². The summed E-state index contributed by atoms with van der Waals surface area (Å²) < 4.78 is 23.3. The predicted molar refractivity (Wildman–Crippen MR) is 242 cm³/mol. The number of rotatable bonds is 7. The lowest BCUT2D eigenvalue weighted by Gasteiger charge is -2.39. The van der Waals surface area contributed by atoms with Gasteiger partial charge in [-0.2, -0.15) is 5.19 Å². The topological polar surface area (TPSA) is 57.2 Å². The molecule has 279 valence electrons. The standard InChI is InChI=1S/C53H34N2O3Si/c1-2-17-42(18-3-1)55-46-25-23-36(29-44(46)45-30-37(24-26-47(45)55)41-16-11-27-54-34-41)35-15-10-19-43(28-35)59(51-31-38-12-4-7-20-48(38)56-51,52-32-39-13-5-8-21-49(39)57-52)53-33-40-14-6-9-22-50(40)58-53/h1-34H/q-1. The molecular formula is C53H34N2O3Si-. The fraction of sp³-hybridized carbons (Fsp3) is 0. The first kappa shape index (κ1) is 33.5. The first-order valence-electron chi connectivity index (χ1n) is 19.8. The Labute approximate surface area is 340 Å². The molecule has 0 aliphatic heterocycles. The molecule has 0 unspecified atom stereocenters. The quantitative estimate of drug-likeness (QED) is 0.151. The Morgan fingerprint density at radius 3 is 1.41 bits per heavy atom. The molecule has 0 N–H and O–H groups in total. The van der Waals surface area contributed by atoms with Gasteiger partial charge in [0.25, 0.3) is 0 Å². The highest BCUT2D eigenvalue weighted by atomic mass is 28.3. The molecular weight excluding hydrogens is 741 g/mol. The van der Waals surface area contributed by atoms with Crippen LogP contribution in [0.1, 0.15) is 0 Å². The molecule has 0 saturated carbocycles. The molecule has 0 atom stereocenters. The molecule has 5 heterocycles. The van der Waals surface area contributed by atoms with Gasteiger partial charge in [0, 0.05) is 50.6 Å². The van der Waals surface area contributed by atoms with Crippen molar-refractivity contribution < 1.29 is 13.3 Å². The predicted octanol–water partition coefficient (Wildman–Crippen LogP) is 11.1. The lowest BCUT2D eigenvalue weighted by atomic mass is 10.0. The molecule has 12 aromatic rings. The second-order valence-corrected chi connectivity index (χ2v) is 18.7. The van der Waals surface area contributed by atoms with Gasteiger partial charge in [-0.3, -0.25) is 4.98 Å². The van der Waals surface area contributed by atoms with Crippen molar-refractivity contribution in [3.8, 4) is 27.9 Å². The molecule has 7 aromatic carbocycles. The average molecular weight is 775 g/mol. The summed E-state index contributed by atoms with van der Waals surface area (Å²) >= 11 is 0. The molecule has 0 aliphatic carbocycles. The monoisotopic (exact) mass is 774 g/mol. The lowest BCUT2D eigenvalue weighted by molar-refractivity contribution is 0.622. The molecule has 0 fully saturated rings. The Kier molecular flexibility index (Phi) is 7.49. The van der Waals surface area contributed by atoms with Crippen molar-refractivity contribution in [1.82, 2.24) is 9.55 Å². The van der Waals surface area contributed by atoms with Crippen LogP contribution in [0.4, 0.5) is 0 Å². The zero-order valence-electron chi connectivity index (χ0n) is 31.7. The number of nitrogens with zero attached hydrogens (tertiary/aromatic N) is 2. The average Bonchev–Trinajstić information content (AvgIpc) is 4.10. The second kappa shape index (κ2) is 13.2. The van der Waals surface area contributed by atoms with E-state index in [-0.39, 0.29) is 0 Å². The number of aromatic nitrogens is 2. The van der Waals surface area contributed by atoms with Crippen LogP contribution in [0.5, 0.6) is 0 Å². The molecule has 0 spiro atoms. The van der Waals surface area contributed by atoms with E-state index in [0.29, 0.717) is 0 Å². The second-order valence-electron chi connectivity index (χ2n) is 15.2. The highest BCUT2D eigenvalue weighted by Gasteiger charge is 2.38. The molecule has 0 bridgehead atoms. The summed E-state index contributed by atoms with van der Waals surface area (Å²) in [7, 11) is -3.41. The van der Waals surface area contributed by atoms with Crippen molar-refractivity contribution in [2.24, 2.45) is 0 Å². The smallest absolute Gasteiger partial charge is 0.129 e. The highest BCUT2D eigenvalue weighted by molar-refractivity contribution is 7.18. The maximum atomic E-state index is 6.97. The van der Waals surface area contributed by atoms with E-state index in [1.54, 1.807) is 0 Å². The molecule has 5 nitrogen and oxygen atoms in total. The van der Waals surface area contributed by atoms with Gasteiger partial charge in [-0.05, 0) is 112 Å². The van der Waals surface area contributed by atoms with Crippen LogP contribution in [0, 0.1) is 0 Å². The van der Waals surface area contributed by atoms with E-state index in [2.05, 4.69) is 161 Å². The fourth-order valence-electron chi connectivity index (χ4n) is 8.99. The minimum absolute atomic E-state index is 0.827. The van der Waals surface area contributed by atoms with Crippen molar-refractivity contribution in [2.75, 3.05) is 0 Å². The van der Waals surface area contributed by atoms with E-state index in [1.807, 2.05) is 54.9 Å². The van der Waals surface area contributed by atoms with Crippen molar-refractivity contribution >= 4 is 84.1 Å². The van der Waals surface area contributed by atoms with E-state index in [9.17, 15) is 0 Å². The Morgan fingerprint density at radius 1 is 0.390 bits per heavy atom. The summed E-state index contributed by atoms with van der Waals surface area (Å²) in [5.41, 5.74) is 10.3. The van der Waals surface area contributed by atoms with Gasteiger partial charge in [0.05, 0.1) is 19.1 Å². The van der Waals surface area contributed by atoms with Crippen molar-refractivity contribution in [3.63, 3.8) is 0 Å². The maximum Gasteiger partial charge on any atom is 0.129 e. The Balaban J connectivity index is 1.12. The fourth-order valence-corrected chi connectivity index (χ4v) is 13.2. The minimum Gasteiger partial charge on any atom is -0.496 e. The summed E-state index contributed by atoms with van der Waals surface area (Å²) in [5, 5.41) is 9.09. The molecule has 12 rings (SSSR count). The number of fused-ring (bicyclic) bond motifs is 6.